The van der Waals surface area contributed by atoms with Crippen molar-refractivity contribution in [1.29, 1.82) is 0 Å². The van der Waals surface area contributed by atoms with E-state index in [1.807, 2.05) is 12.1 Å². The van der Waals surface area contributed by atoms with E-state index in [1.165, 1.54) is 22.3 Å². The molecule has 3 nitrogen and oxygen atoms in total. The van der Waals surface area contributed by atoms with Gasteiger partial charge < -0.3 is 5.11 Å². The van der Waals surface area contributed by atoms with E-state index in [4.69, 9.17) is 0 Å². The van der Waals surface area contributed by atoms with E-state index in [-0.39, 0.29) is 0 Å². The third kappa shape index (κ3) is 2.70. The number of aromatic carboxylic acids is 1. The van der Waals surface area contributed by atoms with Gasteiger partial charge in [0.15, 0.2) is 0 Å². The zero-order chi connectivity index (χ0) is 16.0. The number of carbonyl (C=O) groups is 1. The molecule has 23 heavy (non-hydrogen) atoms. The summed E-state index contributed by atoms with van der Waals surface area (Å²) in [4.78, 5) is 13.7. The normalized spacial score (nSPS) is 20.1. The van der Waals surface area contributed by atoms with Crippen LogP contribution in [0.3, 0.4) is 0 Å². The predicted octanol–water partition coefficient (Wildman–Crippen LogP) is 4.19. The molecule has 2 aromatic rings. The molecule has 1 atom stereocenters. The Morgan fingerprint density at radius 2 is 1.91 bits per heavy atom. The molecule has 0 fully saturated rings. The maximum atomic E-state index is 11.2. The van der Waals surface area contributed by atoms with Crippen LogP contribution < -0.4 is 0 Å². The van der Waals surface area contributed by atoms with Crippen molar-refractivity contribution in [3.05, 3.63) is 68.7 Å². The fourth-order valence-electron chi connectivity index (χ4n) is 3.91. The van der Waals surface area contributed by atoms with E-state index < -0.39 is 5.97 Å². The summed E-state index contributed by atoms with van der Waals surface area (Å²) in [5.41, 5.74) is 5.72. The zero-order valence-corrected chi connectivity index (χ0v) is 14.3. The Balaban J connectivity index is 1.63. The van der Waals surface area contributed by atoms with Gasteiger partial charge in [-0.05, 0) is 65.8 Å². The topological polar surface area (TPSA) is 40.5 Å². The molecule has 1 unspecified atom stereocenters. The lowest BCUT2D eigenvalue weighted by Crippen LogP contribution is -2.33. The largest absolute Gasteiger partial charge is 0.478 e. The summed E-state index contributed by atoms with van der Waals surface area (Å²) in [6, 6.07) is 12.6. The first-order chi connectivity index (χ1) is 11.1. The second kappa shape index (κ2) is 5.77. The molecule has 1 aliphatic heterocycles. The molecule has 0 saturated carbocycles. The SMILES string of the molecule is O=C(O)c1ccc2c(c1)CN(C1CCc3ccc(Br)cc31)CC2. The Morgan fingerprint density at radius 3 is 2.74 bits per heavy atom. The van der Waals surface area contributed by atoms with Gasteiger partial charge in [0, 0.05) is 23.6 Å². The number of carboxylic acids is 1. The van der Waals surface area contributed by atoms with Crippen LogP contribution in [0.1, 0.15) is 45.1 Å². The van der Waals surface area contributed by atoms with Gasteiger partial charge in [-0.2, -0.15) is 0 Å². The van der Waals surface area contributed by atoms with Crippen molar-refractivity contribution >= 4 is 21.9 Å². The first-order valence-corrected chi connectivity index (χ1v) is 8.78. The van der Waals surface area contributed by atoms with Crippen LogP contribution in [0.2, 0.25) is 0 Å². The van der Waals surface area contributed by atoms with Crippen molar-refractivity contribution in [1.82, 2.24) is 4.90 Å². The number of hydrogen-bond donors (Lipinski definition) is 1. The van der Waals surface area contributed by atoms with Gasteiger partial charge in [0.1, 0.15) is 0 Å². The molecule has 0 amide bonds. The van der Waals surface area contributed by atoms with Gasteiger partial charge in [0.05, 0.1) is 5.56 Å². The Bertz CT molecular complexity index is 787. The zero-order valence-electron chi connectivity index (χ0n) is 12.8. The summed E-state index contributed by atoms with van der Waals surface area (Å²) >= 11 is 3.58. The molecule has 2 aliphatic rings. The van der Waals surface area contributed by atoms with Gasteiger partial charge in [0.2, 0.25) is 0 Å². The summed E-state index contributed by atoms with van der Waals surface area (Å²) in [5.74, 6) is -0.847. The number of carboxylic acid groups (broad SMARTS) is 1. The second-order valence-corrected chi connectivity index (χ2v) is 7.32. The van der Waals surface area contributed by atoms with Crippen LogP contribution in [-0.4, -0.2) is 22.5 Å². The molecule has 4 rings (SSSR count). The summed E-state index contributed by atoms with van der Waals surface area (Å²) in [7, 11) is 0. The molecule has 1 aliphatic carbocycles. The summed E-state index contributed by atoms with van der Waals surface area (Å²) in [6.07, 6.45) is 3.28. The quantitative estimate of drug-likeness (QED) is 0.859. The van der Waals surface area contributed by atoms with Crippen LogP contribution in [0.25, 0.3) is 0 Å². The molecule has 4 heteroatoms. The Kier molecular flexibility index (Phi) is 3.74. The van der Waals surface area contributed by atoms with Crippen molar-refractivity contribution < 1.29 is 9.90 Å². The van der Waals surface area contributed by atoms with Crippen molar-refractivity contribution in [3.8, 4) is 0 Å². The number of hydrogen-bond acceptors (Lipinski definition) is 2. The highest BCUT2D eigenvalue weighted by molar-refractivity contribution is 9.10. The van der Waals surface area contributed by atoms with Crippen LogP contribution in [0, 0.1) is 0 Å². The third-order valence-electron chi connectivity index (χ3n) is 5.09. The highest BCUT2D eigenvalue weighted by Gasteiger charge is 2.30. The molecule has 0 radical (unpaired) electrons. The maximum absolute atomic E-state index is 11.2. The average Bonchev–Trinajstić information content (AvgIpc) is 2.96. The highest BCUT2D eigenvalue weighted by Crippen LogP contribution is 2.39. The van der Waals surface area contributed by atoms with Crippen molar-refractivity contribution in [2.75, 3.05) is 6.54 Å². The number of benzene rings is 2. The lowest BCUT2D eigenvalue weighted by Gasteiger charge is -2.34. The molecule has 0 spiro atoms. The van der Waals surface area contributed by atoms with E-state index in [0.29, 0.717) is 11.6 Å². The van der Waals surface area contributed by atoms with Gasteiger partial charge in [-0.1, -0.05) is 28.1 Å². The first kappa shape index (κ1) is 14.9. The lowest BCUT2D eigenvalue weighted by molar-refractivity contribution is 0.0696. The van der Waals surface area contributed by atoms with Gasteiger partial charge in [-0.3, -0.25) is 4.90 Å². The summed E-state index contributed by atoms with van der Waals surface area (Å²) in [6.45, 7) is 1.88. The molecular formula is C19H18BrNO2. The monoisotopic (exact) mass is 371 g/mol. The molecular weight excluding hydrogens is 354 g/mol. The smallest absolute Gasteiger partial charge is 0.335 e. The van der Waals surface area contributed by atoms with Gasteiger partial charge in [-0.15, -0.1) is 0 Å². The minimum Gasteiger partial charge on any atom is -0.478 e. The van der Waals surface area contributed by atoms with Crippen LogP contribution in [0.5, 0.6) is 0 Å². The molecule has 118 valence electrons. The van der Waals surface area contributed by atoms with E-state index >= 15 is 0 Å². The van der Waals surface area contributed by atoms with Crippen LogP contribution in [-0.2, 0) is 19.4 Å². The number of halogens is 1. The minimum absolute atomic E-state index is 0.389. The fourth-order valence-corrected chi connectivity index (χ4v) is 4.29. The molecule has 2 aromatic carbocycles. The van der Waals surface area contributed by atoms with Gasteiger partial charge in [0.25, 0.3) is 0 Å². The second-order valence-electron chi connectivity index (χ2n) is 6.41. The Morgan fingerprint density at radius 1 is 1.09 bits per heavy atom. The fraction of sp³-hybridized carbons (Fsp3) is 0.316. The summed E-state index contributed by atoms with van der Waals surface area (Å²) in [5, 5.41) is 9.21. The van der Waals surface area contributed by atoms with E-state index in [9.17, 15) is 9.90 Å². The molecule has 0 bridgehead atoms. The highest BCUT2D eigenvalue weighted by atomic mass is 79.9. The standard InChI is InChI=1S/C19H18BrNO2/c20-16-5-3-13-4-6-18(17(13)10-16)21-8-7-12-1-2-14(19(22)23)9-15(12)11-21/h1-3,5,9-10,18H,4,6-8,11H2,(H,22,23). The third-order valence-corrected chi connectivity index (χ3v) is 5.58. The summed E-state index contributed by atoms with van der Waals surface area (Å²) < 4.78 is 1.13. The Hall–Kier alpha value is -1.65. The average molecular weight is 372 g/mol. The van der Waals surface area contributed by atoms with Crippen LogP contribution >= 0.6 is 15.9 Å². The predicted molar refractivity (Wildman–Crippen MR) is 92.7 cm³/mol. The van der Waals surface area contributed by atoms with Gasteiger partial charge in [-0.25, -0.2) is 4.79 Å². The van der Waals surface area contributed by atoms with Crippen molar-refractivity contribution in [2.24, 2.45) is 0 Å². The van der Waals surface area contributed by atoms with Crippen LogP contribution in [0.4, 0.5) is 0 Å². The van der Waals surface area contributed by atoms with Crippen molar-refractivity contribution in [3.63, 3.8) is 0 Å². The number of nitrogens with zero attached hydrogens (tertiary/aromatic N) is 1. The molecule has 0 aromatic heterocycles. The van der Waals surface area contributed by atoms with E-state index in [0.717, 1.165) is 36.8 Å². The molecule has 0 saturated heterocycles. The van der Waals surface area contributed by atoms with E-state index in [1.54, 1.807) is 6.07 Å². The number of rotatable bonds is 2. The molecule has 1 heterocycles. The Labute approximate surface area is 144 Å². The van der Waals surface area contributed by atoms with E-state index in [2.05, 4.69) is 39.0 Å². The maximum Gasteiger partial charge on any atom is 0.335 e. The lowest BCUT2D eigenvalue weighted by atomic mass is 9.95. The first-order valence-electron chi connectivity index (χ1n) is 7.99. The van der Waals surface area contributed by atoms with Gasteiger partial charge >= 0.3 is 5.97 Å². The minimum atomic E-state index is -0.847. The van der Waals surface area contributed by atoms with Crippen molar-refractivity contribution in [2.45, 2.75) is 31.8 Å². The van der Waals surface area contributed by atoms with Crippen LogP contribution in [0.15, 0.2) is 40.9 Å². The number of aryl methyl sites for hydroxylation is 1. The number of fused-ring (bicyclic) bond motifs is 2. The molecule has 1 N–H and O–H groups in total.